The van der Waals surface area contributed by atoms with E-state index >= 15 is 0 Å². The van der Waals surface area contributed by atoms with Crippen LogP contribution in [0.15, 0.2) is 42.9 Å². The number of amides is 1. The van der Waals surface area contributed by atoms with Gasteiger partial charge in [0.05, 0.1) is 6.61 Å². The van der Waals surface area contributed by atoms with Crippen molar-refractivity contribution in [2.45, 2.75) is 6.42 Å². The second kappa shape index (κ2) is 8.85. The van der Waals surface area contributed by atoms with Crippen molar-refractivity contribution in [3.05, 3.63) is 54.1 Å². The number of carbonyl (C=O) groups is 1. The zero-order chi connectivity index (χ0) is 16.5. The van der Waals surface area contributed by atoms with E-state index in [4.69, 9.17) is 4.74 Å². The Balaban J connectivity index is 1.92. The lowest BCUT2D eigenvalue weighted by atomic mass is 10.2. The molecule has 6 nitrogen and oxygen atoms in total. The van der Waals surface area contributed by atoms with E-state index in [0.717, 1.165) is 17.7 Å². The molecule has 1 N–H and O–H groups in total. The highest BCUT2D eigenvalue weighted by Crippen LogP contribution is 2.10. The van der Waals surface area contributed by atoms with Crippen LogP contribution in [0.25, 0.3) is 0 Å². The number of nitrogens with one attached hydrogen (secondary N) is 1. The Morgan fingerprint density at radius 3 is 2.78 bits per heavy atom. The fraction of sp³-hybridized carbons (Fsp3) is 0.353. The molecule has 0 saturated carbocycles. The van der Waals surface area contributed by atoms with Gasteiger partial charge in [-0.25, -0.2) is 0 Å². The van der Waals surface area contributed by atoms with Gasteiger partial charge in [0.15, 0.2) is 0 Å². The lowest BCUT2D eigenvalue weighted by Crippen LogP contribution is -2.29. The third-order valence-electron chi connectivity index (χ3n) is 3.45. The van der Waals surface area contributed by atoms with Gasteiger partial charge in [-0.15, -0.1) is 0 Å². The predicted octanol–water partition coefficient (Wildman–Crippen LogP) is 1.85. The summed E-state index contributed by atoms with van der Waals surface area (Å²) in [7, 11) is 3.44. The molecule has 0 radical (unpaired) electrons. The molecule has 0 bridgehead atoms. The summed E-state index contributed by atoms with van der Waals surface area (Å²) in [5, 5.41) is 3.19. The summed E-state index contributed by atoms with van der Waals surface area (Å²) in [5.41, 5.74) is 2.45. The third kappa shape index (κ3) is 5.34. The van der Waals surface area contributed by atoms with Crippen molar-refractivity contribution in [3.8, 4) is 0 Å². The largest absolute Gasteiger partial charge is 0.383 e. The number of hydrogen-bond donors (Lipinski definition) is 1. The molecule has 0 unspecified atom stereocenters. The maximum atomic E-state index is 12.4. The van der Waals surface area contributed by atoms with E-state index in [2.05, 4.69) is 15.3 Å². The minimum atomic E-state index is -0.0885. The van der Waals surface area contributed by atoms with Gasteiger partial charge in [0.2, 0.25) is 0 Å². The van der Waals surface area contributed by atoms with Gasteiger partial charge < -0.3 is 15.0 Å². The molecular weight excluding hydrogens is 292 g/mol. The summed E-state index contributed by atoms with van der Waals surface area (Å²) >= 11 is 0. The van der Waals surface area contributed by atoms with Gasteiger partial charge in [-0.2, -0.15) is 0 Å². The molecule has 2 aromatic rings. The summed E-state index contributed by atoms with van der Waals surface area (Å²) in [6.45, 7) is 1.93. The van der Waals surface area contributed by atoms with Crippen LogP contribution in [0.4, 0.5) is 5.69 Å². The average molecular weight is 314 g/mol. The van der Waals surface area contributed by atoms with E-state index in [1.807, 2.05) is 18.2 Å². The molecule has 122 valence electrons. The SMILES string of the molecule is COCCNc1ccnc(C(=O)N(C)CCc2ccncc2)c1. The van der Waals surface area contributed by atoms with Crippen molar-refractivity contribution in [2.75, 3.05) is 39.2 Å². The Kier molecular flexibility index (Phi) is 6.50. The van der Waals surface area contributed by atoms with Crippen LogP contribution in [0.5, 0.6) is 0 Å². The molecule has 23 heavy (non-hydrogen) atoms. The van der Waals surface area contributed by atoms with Gasteiger partial charge in [0.25, 0.3) is 5.91 Å². The van der Waals surface area contributed by atoms with Crippen LogP contribution < -0.4 is 5.32 Å². The fourth-order valence-corrected chi connectivity index (χ4v) is 2.10. The van der Waals surface area contributed by atoms with Gasteiger partial charge in [-0.05, 0) is 36.2 Å². The molecule has 2 aromatic heterocycles. The maximum absolute atomic E-state index is 12.4. The molecule has 0 saturated heterocycles. The number of anilines is 1. The van der Waals surface area contributed by atoms with Crippen LogP contribution in [-0.2, 0) is 11.2 Å². The first-order valence-electron chi connectivity index (χ1n) is 7.54. The van der Waals surface area contributed by atoms with Gasteiger partial charge in [0, 0.05) is 51.5 Å². The minimum Gasteiger partial charge on any atom is -0.383 e. The number of aromatic nitrogens is 2. The molecule has 0 atom stereocenters. The van der Waals surface area contributed by atoms with Crippen LogP contribution in [0.3, 0.4) is 0 Å². The number of ether oxygens (including phenoxy) is 1. The summed E-state index contributed by atoms with van der Waals surface area (Å²) < 4.78 is 5.00. The monoisotopic (exact) mass is 314 g/mol. The lowest BCUT2D eigenvalue weighted by molar-refractivity contribution is 0.0791. The molecule has 0 fully saturated rings. The van der Waals surface area contributed by atoms with Gasteiger partial charge >= 0.3 is 0 Å². The molecule has 0 aromatic carbocycles. The van der Waals surface area contributed by atoms with Crippen LogP contribution in [0, 0.1) is 0 Å². The van der Waals surface area contributed by atoms with E-state index < -0.39 is 0 Å². The third-order valence-corrected chi connectivity index (χ3v) is 3.45. The Labute approximate surface area is 136 Å². The minimum absolute atomic E-state index is 0.0885. The van der Waals surface area contributed by atoms with Crippen molar-refractivity contribution in [3.63, 3.8) is 0 Å². The molecule has 0 aliphatic carbocycles. The fourth-order valence-electron chi connectivity index (χ4n) is 2.10. The van der Waals surface area contributed by atoms with Gasteiger partial charge in [-0.3, -0.25) is 14.8 Å². The predicted molar refractivity (Wildman–Crippen MR) is 89.5 cm³/mol. The van der Waals surface area contributed by atoms with Crippen LogP contribution >= 0.6 is 0 Å². The maximum Gasteiger partial charge on any atom is 0.272 e. The highest BCUT2D eigenvalue weighted by atomic mass is 16.5. The van der Waals surface area contributed by atoms with E-state index in [9.17, 15) is 4.79 Å². The highest BCUT2D eigenvalue weighted by molar-refractivity contribution is 5.92. The molecule has 2 heterocycles. The van der Waals surface area contributed by atoms with Gasteiger partial charge in [0.1, 0.15) is 5.69 Å². The zero-order valence-corrected chi connectivity index (χ0v) is 13.5. The molecule has 6 heteroatoms. The Hall–Kier alpha value is -2.47. The number of methoxy groups -OCH3 is 1. The van der Waals surface area contributed by atoms with Crippen LogP contribution in [0.1, 0.15) is 16.1 Å². The first kappa shape index (κ1) is 16.9. The van der Waals surface area contributed by atoms with Crippen molar-refractivity contribution in [1.29, 1.82) is 0 Å². The number of carbonyl (C=O) groups excluding carboxylic acids is 1. The summed E-state index contributed by atoms with van der Waals surface area (Å²) in [6, 6.07) is 7.51. The standard InChI is InChI=1S/C17H22N4O2/c1-21(11-6-14-3-7-18-8-4-14)17(22)16-13-15(5-9-20-16)19-10-12-23-2/h3-5,7-9,13H,6,10-12H2,1-2H3,(H,19,20). The van der Waals surface area contributed by atoms with Gasteiger partial charge in [-0.1, -0.05) is 0 Å². The first-order valence-corrected chi connectivity index (χ1v) is 7.54. The Morgan fingerprint density at radius 2 is 2.04 bits per heavy atom. The summed E-state index contributed by atoms with van der Waals surface area (Å²) in [5.74, 6) is -0.0885. The molecule has 0 aliphatic rings. The number of pyridine rings is 2. The van der Waals surface area contributed by atoms with E-state index in [1.54, 1.807) is 43.7 Å². The summed E-state index contributed by atoms with van der Waals surface area (Å²) in [6.07, 6.45) is 5.94. The number of nitrogens with zero attached hydrogens (tertiary/aromatic N) is 3. The Morgan fingerprint density at radius 1 is 1.26 bits per heavy atom. The molecular formula is C17H22N4O2. The zero-order valence-electron chi connectivity index (χ0n) is 13.5. The molecule has 0 spiro atoms. The first-order chi connectivity index (χ1) is 11.2. The van der Waals surface area contributed by atoms with E-state index in [-0.39, 0.29) is 5.91 Å². The van der Waals surface area contributed by atoms with E-state index in [1.165, 1.54) is 0 Å². The number of hydrogen-bond acceptors (Lipinski definition) is 5. The summed E-state index contributed by atoms with van der Waals surface area (Å²) in [4.78, 5) is 22.3. The van der Waals surface area contributed by atoms with E-state index in [0.29, 0.717) is 25.4 Å². The van der Waals surface area contributed by atoms with Crippen molar-refractivity contribution < 1.29 is 9.53 Å². The second-order valence-corrected chi connectivity index (χ2v) is 5.18. The smallest absolute Gasteiger partial charge is 0.272 e. The van der Waals surface area contributed by atoms with Crippen molar-refractivity contribution >= 4 is 11.6 Å². The molecule has 1 amide bonds. The Bertz CT molecular complexity index is 619. The normalized spacial score (nSPS) is 10.3. The molecule has 2 rings (SSSR count). The topological polar surface area (TPSA) is 67.3 Å². The highest BCUT2D eigenvalue weighted by Gasteiger charge is 2.13. The van der Waals surface area contributed by atoms with Crippen LogP contribution in [0.2, 0.25) is 0 Å². The van der Waals surface area contributed by atoms with Crippen molar-refractivity contribution in [1.82, 2.24) is 14.9 Å². The van der Waals surface area contributed by atoms with Crippen LogP contribution in [-0.4, -0.2) is 54.6 Å². The number of likely N-dealkylation sites (N-methyl/N-ethyl adjacent to an activating group) is 1. The second-order valence-electron chi connectivity index (χ2n) is 5.18. The number of rotatable bonds is 8. The molecule has 0 aliphatic heterocycles. The quantitative estimate of drug-likeness (QED) is 0.753. The van der Waals surface area contributed by atoms with Crippen molar-refractivity contribution in [2.24, 2.45) is 0 Å². The average Bonchev–Trinajstić information content (AvgIpc) is 2.60. The lowest BCUT2D eigenvalue weighted by Gasteiger charge is -2.17.